The number of allylic oxidation sites excluding steroid dienone is 1. The normalized spacial score (nSPS) is 19.6. The Morgan fingerprint density at radius 3 is 2.45 bits per heavy atom. The van der Waals surface area contributed by atoms with Gasteiger partial charge in [0.2, 0.25) is 0 Å². The van der Waals surface area contributed by atoms with E-state index in [9.17, 15) is 9.59 Å². The van der Waals surface area contributed by atoms with Gasteiger partial charge in [0.05, 0.1) is 0 Å². The van der Waals surface area contributed by atoms with Gasteiger partial charge in [-0.05, 0) is 39.5 Å². The molecule has 0 unspecified atom stereocenters. The van der Waals surface area contributed by atoms with Crippen molar-refractivity contribution in [2.45, 2.75) is 72.4 Å². The first kappa shape index (κ1) is 16.7. The van der Waals surface area contributed by atoms with Crippen molar-refractivity contribution in [1.82, 2.24) is 4.90 Å². The van der Waals surface area contributed by atoms with Gasteiger partial charge in [-0.1, -0.05) is 27.2 Å². The van der Waals surface area contributed by atoms with E-state index in [4.69, 9.17) is 4.74 Å². The van der Waals surface area contributed by atoms with Gasteiger partial charge < -0.3 is 4.74 Å². The smallest absolute Gasteiger partial charge is 0.415 e. The molecule has 1 rings (SSSR count). The number of unbranched alkanes of at least 4 members (excludes halogenated alkanes) is 1. The number of carbonyl (C=O) groups excluding carboxylic acids is 2. The van der Waals surface area contributed by atoms with Crippen molar-refractivity contribution >= 4 is 11.9 Å². The molecule has 1 amide bonds. The molecule has 0 aromatic heterocycles. The Labute approximate surface area is 122 Å². The average Bonchev–Trinajstić information content (AvgIpc) is 2.61. The summed E-state index contributed by atoms with van der Waals surface area (Å²) in [6, 6.07) is -0.420. The second-order valence-electron chi connectivity index (χ2n) is 6.68. The molecule has 0 N–H and O–H groups in total. The van der Waals surface area contributed by atoms with Crippen molar-refractivity contribution in [2.75, 3.05) is 0 Å². The van der Waals surface area contributed by atoms with Crippen LogP contribution in [0.4, 0.5) is 4.79 Å². The third kappa shape index (κ3) is 4.09. The standard InChI is InChI=1S/C16H27NO3/c1-7-8-9-12-10-13(18)14(11(2)3)17(12)15(19)20-16(4,5)6/h10-11,14H,7-9H2,1-6H3/t14-/m0/s1. The molecule has 0 fully saturated rings. The molecule has 0 bridgehead atoms. The number of amides is 1. The molecule has 0 radical (unpaired) electrons. The van der Waals surface area contributed by atoms with Gasteiger partial charge in [-0.3, -0.25) is 9.69 Å². The van der Waals surface area contributed by atoms with Crippen molar-refractivity contribution in [1.29, 1.82) is 0 Å². The van der Waals surface area contributed by atoms with Gasteiger partial charge in [-0.25, -0.2) is 4.79 Å². The highest BCUT2D eigenvalue weighted by molar-refractivity contribution is 6.01. The molecule has 1 heterocycles. The fourth-order valence-electron chi connectivity index (χ4n) is 2.34. The Morgan fingerprint density at radius 1 is 1.40 bits per heavy atom. The summed E-state index contributed by atoms with van der Waals surface area (Å²) >= 11 is 0. The van der Waals surface area contributed by atoms with E-state index in [1.807, 2.05) is 34.6 Å². The molecule has 1 aliphatic rings. The number of carbonyl (C=O) groups is 2. The Morgan fingerprint density at radius 2 is 2.00 bits per heavy atom. The van der Waals surface area contributed by atoms with Crippen molar-refractivity contribution in [3.8, 4) is 0 Å². The number of rotatable bonds is 4. The van der Waals surface area contributed by atoms with Gasteiger partial charge >= 0.3 is 6.09 Å². The summed E-state index contributed by atoms with van der Waals surface area (Å²) in [5.74, 6) is 0.0855. The summed E-state index contributed by atoms with van der Waals surface area (Å²) in [6.07, 6.45) is 3.93. The molecule has 0 aromatic carbocycles. The zero-order chi connectivity index (χ0) is 15.5. The molecule has 0 saturated heterocycles. The van der Waals surface area contributed by atoms with Crippen LogP contribution in [0.25, 0.3) is 0 Å². The minimum Gasteiger partial charge on any atom is -0.443 e. The van der Waals surface area contributed by atoms with Crippen LogP contribution in [0.2, 0.25) is 0 Å². The molecule has 0 spiro atoms. The SMILES string of the molecule is CCCCC1=CC(=O)[C@H](C(C)C)N1C(=O)OC(C)(C)C. The summed E-state index contributed by atoms with van der Waals surface area (Å²) in [4.78, 5) is 26.1. The maximum Gasteiger partial charge on any atom is 0.415 e. The fraction of sp³-hybridized carbons (Fsp3) is 0.750. The van der Waals surface area contributed by atoms with Gasteiger partial charge in [-0.2, -0.15) is 0 Å². The van der Waals surface area contributed by atoms with E-state index in [1.165, 1.54) is 0 Å². The van der Waals surface area contributed by atoms with Crippen molar-refractivity contribution in [3.63, 3.8) is 0 Å². The van der Waals surface area contributed by atoms with Crippen molar-refractivity contribution in [2.24, 2.45) is 5.92 Å². The number of hydrogen-bond donors (Lipinski definition) is 0. The van der Waals surface area contributed by atoms with Crippen LogP contribution < -0.4 is 0 Å². The van der Waals surface area contributed by atoms with Crippen LogP contribution in [0.1, 0.15) is 60.8 Å². The first-order chi connectivity index (χ1) is 9.17. The lowest BCUT2D eigenvalue weighted by Crippen LogP contribution is -2.44. The summed E-state index contributed by atoms with van der Waals surface area (Å²) < 4.78 is 5.45. The van der Waals surface area contributed by atoms with Gasteiger partial charge in [0, 0.05) is 11.8 Å². The Kier molecular flexibility index (Phi) is 5.37. The molecule has 20 heavy (non-hydrogen) atoms. The molecular weight excluding hydrogens is 254 g/mol. The number of hydrogen-bond acceptors (Lipinski definition) is 3. The Bertz CT molecular complexity index is 404. The lowest BCUT2D eigenvalue weighted by molar-refractivity contribution is -0.118. The van der Waals surface area contributed by atoms with Crippen LogP contribution in [-0.2, 0) is 9.53 Å². The van der Waals surface area contributed by atoms with E-state index in [0.717, 1.165) is 25.0 Å². The third-order valence-electron chi connectivity index (χ3n) is 3.20. The van der Waals surface area contributed by atoms with Crippen molar-refractivity contribution < 1.29 is 14.3 Å². The molecule has 4 nitrogen and oxygen atoms in total. The first-order valence-corrected chi connectivity index (χ1v) is 7.44. The Balaban J connectivity index is 2.97. The van der Waals surface area contributed by atoms with Crippen molar-refractivity contribution in [3.05, 3.63) is 11.8 Å². The fourth-order valence-corrected chi connectivity index (χ4v) is 2.34. The molecule has 0 saturated carbocycles. The van der Waals surface area contributed by atoms with Crippen LogP contribution >= 0.6 is 0 Å². The summed E-state index contributed by atoms with van der Waals surface area (Å²) in [5.41, 5.74) is 0.241. The molecule has 1 atom stereocenters. The monoisotopic (exact) mass is 281 g/mol. The van der Waals surface area contributed by atoms with E-state index in [1.54, 1.807) is 11.0 Å². The minimum absolute atomic E-state index is 0.0111. The Hall–Kier alpha value is -1.32. The van der Waals surface area contributed by atoms with E-state index in [-0.39, 0.29) is 11.7 Å². The van der Waals surface area contributed by atoms with Crippen LogP contribution in [0, 0.1) is 5.92 Å². The molecular formula is C16H27NO3. The number of ketones is 1. The predicted molar refractivity (Wildman–Crippen MR) is 79.3 cm³/mol. The van der Waals surface area contributed by atoms with Gasteiger partial charge in [-0.15, -0.1) is 0 Å². The maximum atomic E-state index is 12.4. The zero-order valence-corrected chi connectivity index (χ0v) is 13.5. The first-order valence-electron chi connectivity index (χ1n) is 7.44. The second kappa shape index (κ2) is 6.42. The van der Waals surface area contributed by atoms with Gasteiger partial charge in [0.15, 0.2) is 5.78 Å². The molecule has 0 aromatic rings. The van der Waals surface area contributed by atoms with E-state index in [2.05, 4.69) is 6.92 Å². The predicted octanol–water partition coefficient (Wildman–Crippen LogP) is 3.90. The molecule has 0 aliphatic carbocycles. The van der Waals surface area contributed by atoms with Crippen LogP contribution in [0.5, 0.6) is 0 Å². The largest absolute Gasteiger partial charge is 0.443 e. The highest BCUT2D eigenvalue weighted by Gasteiger charge is 2.40. The lowest BCUT2D eigenvalue weighted by atomic mass is 10.0. The average molecular weight is 281 g/mol. The molecule has 1 aliphatic heterocycles. The zero-order valence-electron chi connectivity index (χ0n) is 13.5. The number of nitrogens with zero attached hydrogens (tertiary/aromatic N) is 1. The lowest BCUT2D eigenvalue weighted by Gasteiger charge is -2.31. The van der Waals surface area contributed by atoms with E-state index >= 15 is 0 Å². The van der Waals surface area contributed by atoms with Gasteiger partial charge in [0.1, 0.15) is 11.6 Å². The van der Waals surface area contributed by atoms with E-state index in [0.29, 0.717) is 0 Å². The quantitative estimate of drug-likeness (QED) is 0.785. The highest BCUT2D eigenvalue weighted by atomic mass is 16.6. The number of ether oxygens (including phenoxy) is 1. The summed E-state index contributed by atoms with van der Waals surface area (Å²) in [6.45, 7) is 11.5. The van der Waals surface area contributed by atoms with Crippen LogP contribution in [0.15, 0.2) is 11.8 Å². The summed E-state index contributed by atoms with van der Waals surface area (Å²) in [7, 11) is 0. The third-order valence-corrected chi connectivity index (χ3v) is 3.20. The maximum absolute atomic E-state index is 12.4. The van der Waals surface area contributed by atoms with Crippen LogP contribution in [-0.4, -0.2) is 28.4 Å². The van der Waals surface area contributed by atoms with Crippen LogP contribution in [0.3, 0.4) is 0 Å². The van der Waals surface area contributed by atoms with E-state index < -0.39 is 17.7 Å². The second-order valence-corrected chi connectivity index (χ2v) is 6.68. The minimum atomic E-state index is -0.555. The molecule has 114 valence electrons. The van der Waals surface area contributed by atoms with Gasteiger partial charge in [0.25, 0.3) is 0 Å². The molecule has 4 heteroatoms. The topological polar surface area (TPSA) is 46.6 Å². The highest BCUT2D eigenvalue weighted by Crippen LogP contribution is 2.30. The summed E-state index contributed by atoms with van der Waals surface area (Å²) in [5, 5.41) is 0.